The van der Waals surface area contributed by atoms with E-state index in [2.05, 4.69) is 15.1 Å². The van der Waals surface area contributed by atoms with Crippen LogP contribution in [0.25, 0.3) is 4.85 Å². The number of imidazole rings is 1. The molecule has 0 spiro atoms. The molecule has 0 aliphatic carbocycles. The van der Waals surface area contributed by atoms with E-state index in [4.69, 9.17) is 6.57 Å². The number of benzene rings is 1. The summed E-state index contributed by atoms with van der Waals surface area (Å²) in [4.78, 5) is 33.6. The van der Waals surface area contributed by atoms with Crippen LogP contribution in [0.2, 0.25) is 0 Å². The first kappa shape index (κ1) is 22.3. The molecule has 3 rings (SSSR count). The first-order chi connectivity index (χ1) is 14.5. The van der Waals surface area contributed by atoms with Gasteiger partial charge < -0.3 is 14.8 Å². The van der Waals surface area contributed by atoms with Crippen molar-refractivity contribution in [2.24, 2.45) is 5.92 Å². The van der Waals surface area contributed by atoms with Crippen molar-refractivity contribution in [2.75, 3.05) is 5.32 Å². The lowest BCUT2D eigenvalue weighted by atomic mass is 10.0. The number of aromatic nitrogens is 2. The molecule has 0 saturated heterocycles. The number of amides is 2. The molecule has 0 fully saturated rings. The minimum Gasteiger partial charge on any atom is -0.330 e. The first-order valence-corrected chi connectivity index (χ1v) is 9.39. The average Bonchev–Trinajstić information content (AvgIpc) is 3.10. The summed E-state index contributed by atoms with van der Waals surface area (Å²) in [5.41, 5.74) is 0.250. The summed E-state index contributed by atoms with van der Waals surface area (Å²) in [6, 6.07) is 2.72. The van der Waals surface area contributed by atoms with Gasteiger partial charge in [0.1, 0.15) is 11.5 Å². The Balaban J connectivity index is 1.78. The monoisotopic (exact) mass is 437 g/mol. The molecule has 164 valence electrons. The van der Waals surface area contributed by atoms with Crippen molar-refractivity contribution in [2.45, 2.75) is 45.6 Å². The van der Waals surface area contributed by atoms with Crippen LogP contribution in [0.5, 0.6) is 0 Å². The minimum atomic E-state index is -4.49. The van der Waals surface area contributed by atoms with Crippen LogP contribution in [0.4, 0.5) is 33.7 Å². The van der Waals surface area contributed by atoms with Gasteiger partial charge in [-0.2, -0.15) is 13.2 Å². The third-order valence-corrected chi connectivity index (χ3v) is 5.15. The van der Waals surface area contributed by atoms with Gasteiger partial charge >= 0.3 is 12.2 Å². The standard InChI is InChI=1S/C20H19F4N5O2/c1-11(20(22,23)24)6-17(30)18-16-9-29(12(2)8-28(16)10-26-18)19(31)27-13-4-5-14(21)15(7-13)25-3/h4-5,7,10-12H,6,8-9H2,1-2H3,(H,27,31)/t11-,12+/m0/s1. The maximum atomic E-state index is 13.5. The normalized spacial score (nSPS) is 16.9. The topological polar surface area (TPSA) is 71.6 Å². The van der Waals surface area contributed by atoms with Crippen molar-refractivity contribution in [1.82, 2.24) is 14.5 Å². The zero-order chi connectivity index (χ0) is 22.9. The zero-order valence-electron chi connectivity index (χ0n) is 16.7. The van der Waals surface area contributed by atoms with Gasteiger partial charge in [0.2, 0.25) is 5.69 Å². The summed E-state index contributed by atoms with van der Waals surface area (Å²) in [6.07, 6.45) is -3.84. The van der Waals surface area contributed by atoms with Gasteiger partial charge in [-0.05, 0) is 25.1 Å². The van der Waals surface area contributed by atoms with Gasteiger partial charge in [0.25, 0.3) is 0 Å². The molecule has 1 aromatic heterocycles. The lowest BCUT2D eigenvalue weighted by Gasteiger charge is -2.34. The summed E-state index contributed by atoms with van der Waals surface area (Å²) in [5, 5.41) is 2.58. The first-order valence-electron chi connectivity index (χ1n) is 9.39. The predicted octanol–water partition coefficient (Wildman–Crippen LogP) is 4.78. The summed E-state index contributed by atoms with van der Waals surface area (Å²) in [7, 11) is 0. The van der Waals surface area contributed by atoms with E-state index >= 15 is 0 Å². The van der Waals surface area contributed by atoms with E-state index in [1.54, 1.807) is 11.5 Å². The number of fused-ring (bicyclic) bond motifs is 1. The SMILES string of the molecule is [C-]#[N+]c1cc(NC(=O)N2Cc3c(C(=O)C[C@H](C)C(F)(F)F)ncn3C[C@H]2C)ccc1F. The van der Waals surface area contributed by atoms with Crippen LogP contribution < -0.4 is 5.32 Å². The number of carbonyl (C=O) groups excluding carboxylic acids is 2. The Morgan fingerprint density at radius 3 is 2.74 bits per heavy atom. The molecule has 1 aromatic carbocycles. The van der Waals surface area contributed by atoms with Gasteiger partial charge in [-0.3, -0.25) is 4.79 Å². The number of urea groups is 1. The Morgan fingerprint density at radius 2 is 2.10 bits per heavy atom. The zero-order valence-corrected chi connectivity index (χ0v) is 16.7. The maximum absolute atomic E-state index is 13.5. The number of carbonyl (C=O) groups is 2. The number of ketones is 1. The highest BCUT2D eigenvalue weighted by atomic mass is 19.4. The van der Waals surface area contributed by atoms with Crippen molar-refractivity contribution >= 4 is 23.2 Å². The van der Waals surface area contributed by atoms with Crippen molar-refractivity contribution in [3.05, 3.63) is 53.1 Å². The van der Waals surface area contributed by atoms with E-state index in [0.717, 1.165) is 13.0 Å². The van der Waals surface area contributed by atoms with Crippen LogP contribution in [-0.2, 0) is 13.1 Å². The molecule has 11 heteroatoms. The van der Waals surface area contributed by atoms with Crippen molar-refractivity contribution in [1.29, 1.82) is 0 Å². The number of rotatable bonds is 4. The lowest BCUT2D eigenvalue weighted by molar-refractivity contribution is -0.168. The van der Waals surface area contributed by atoms with Crippen LogP contribution >= 0.6 is 0 Å². The number of hydrogen-bond acceptors (Lipinski definition) is 3. The second-order valence-electron chi connectivity index (χ2n) is 7.45. The molecule has 2 aromatic rings. The molecule has 2 atom stereocenters. The molecule has 0 unspecified atom stereocenters. The Kier molecular flexibility index (Phi) is 6.01. The lowest BCUT2D eigenvalue weighted by Crippen LogP contribution is -2.46. The van der Waals surface area contributed by atoms with Crippen molar-refractivity contribution < 1.29 is 27.2 Å². The summed E-state index contributed by atoms with van der Waals surface area (Å²) < 4.78 is 53.6. The van der Waals surface area contributed by atoms with Crippen LogP contribution in [0, 0.1) is 18.3 Å². The third-order valence-electron chi connectivity index (χ3n) is 5.15. The molecular weight excluding hydrogens is 418 g/mol. The number of nitrogens with one attached hydrogen (secondary N) is 1. The molecule has 31 heavy (non-hydrogen) atoms. The Morgan fingerprint density at radius 1 is 1.39 bits per heavy atom. The summed E-state index contributed by atoms with van der Waals surface area (Å²) >= 11 is 0. The third kappa shape index (κ3) is 4.68. The molecule has 0 bridgehead atoms. The van der Waals surface area contributed by atoms with Gasteiger partial charge in [-0.15, -0.1) is 0 Å². The predicted molar refractivity (Wildman–Crippen MR) is 103 cm³/mol. The fourth-order valence-corrected chi connectivity index (χ4v) is 3.30. The summed E-state index contributed by atoms with van der Waals surface area (Å²) in [5.74, 6) is -3.26. The van der Waals surface area contributed by atoms with Gasteiger partial charge in [-0.25, -0.2) is 19.0 Å². The van der Waals surface area contributed by atoms with Crippen LogP contribution in [0.15, 0.2) is 24.5 Å². The van der Waals surface area contributed by atoms with E-state index in [0.29, 0.717) is 12.2 Å². The molecule has 1 aliphatic heterocycles. The highest BCUT2D eigenvalue weighted by Crippen LogP contribution is 2.30. The average molecular weight is 437 g/mol. The maximum Gasteiger partial charge on any atom is 0.391 e. The second kappa shape index (κ2) is 8.37. The number of alkyl halides is 3. The van der Waals surface area contributed by atoms with E-state index in [9.17, 15) is 27.2 Å². The fraction of sp³-hybridized carbons (Fsp3) is 0.400. The number of nitrogens with zero attached hydrogens (tertiary/aromatic N) is 4. The summed E-state index contributed by atoms with van der Waals surface area (Å²) in [6.45, 7) is 9.92. The molecule has 0 saturated carbocycles. The van der Waals surface area contributed by atoms with Gasteiger partial charge in [0.15, 0.2) is 5.78 Å². The minimum absolute atomic E-state index is 0.0364. The quantitative estimate of drug-likeness (QED) is 0.425. The largest absolute Gasteiger partial charge is 0.391 e. The number of halogens is 4. The molecule has 1 aliphatic rings. The Hall–Kier alpha value is -3.42. The fourth-order valence-electron chi connectivity index (χ4n) is 3.30. The van der Waals surface area contributed by atoms with Crippen molar-refractivity contribution in [3.63, 3.8) is 0 Å². The van der Waals surface area contributed by atoms with E-state index in [1.165, 1.54) is 23.4 Å². The van der Waals surface area contributed by atoms with E-state index < -0.39 is 36.1 Å². The van der Waals surface area contributed by atoms with Crippen LogP contribution in [0.1, 0.15) is 36.5 Å². The van der Waals surface area contributed by atoms with Crippen LogP contribution in [0.3, 0.4) is 0 Å². The van der Waals surface area contributed by atoms with Gasteiger partial charge in [-0.1, -0.05) is 6.92 Å². The number of Topliss-reactive ketones (excluding diaryl/α,β-unsaturated/α-hetero) is 1. The molecule has 0 radical (unpaired) electrons. The Bertz CT molecular complexity index is 1060. The second-order valence-corrected chi connectivity index (χ2v) is 7.45. The van der Waals surface area contributed by atoms with Crippen LogP contribution in [-0.4, -0.2) is 38.5 Å². The van der Waals surface area contributed by atoms with E-state index in [1.807, 2.05) is 0 Å². The molecule has 2 heterocycles. The molecule has 1 N–H and O–H groups in total. The van der Waals surface area contributed by atoms with Crippen molar-refractivity contribution in [3.8, 4) is 0 Å². The van der Waals surface area contributed by atoms with Gasteiger partial charge in [0.05, 0.1) is 31.1 Å². The molecule has 2 amide bonds. The highest BCUT2D eigenvalue weighted by Gasteiger charge is 2.39. The van der Waals surface area contributed by atoms with Gasteiger partial charge in [0, 0.05) is 24.7 Å². The smallest absolute Gasteiger partial charge is 0.330 e. The Labute approximate surface area is 175 Å². The highest BCUT2D eigenvalue weighted by molar-refractivity contribution is 5.96. The molecule has 7 nitrogen and oxygen atoms in total. The number of anilines is 1. The van der Waals surface area contributed by atoms with E-state index in [-0.39, 0.29) is 29.7 Å². The number of hydrogen-bond donors (Lipinski definition) is 1. The molecular formula is C20H19F4N5O2.